The highest BCUT2D eigenvalue weighted by Crippen LogP contribution is 2.37. The van der Waals surface area contributed by atoms with Gasteiger partial charge in [0.05, 0.1) is 17.9 Å². The Morgan fingerprint density at radius 3 is 2.53 bits per heavy atom. The van der Waals surface area contributed by atoms with Crippen LogP contribution in [-0.4, -0.2) is 14.1 Å². The molecule has 0 N–H and O–H groups in total. The van der Waals surface area contributed by atoms with Gasteiger partial charge in [0.25, 0.3) is 5.56 Å². The molecule has 0 fully saturated rings. The Morgan fingerprint density at radius 2 is 1.76 bits per heavy atom. The topological polar surface area (TPSA) is 39.8 Å². The number of nitrogens with zero attached hydrogens (tertiary/aromatic N) is 3. The van der Waals surface area contributed by atoms with Crippen molar-refractivity contribution < 1.29 is 0 Å². The zero-order valence-corrected chi connectivity index (χ0v) is 19.8. The molecule has 0 saturated carbocycles. The number of aryl methyl sites for hydroxylation is 2. The van der Waals surface area contributed by atoms with Crippen molar-refractivity contribution in [2.45, 2.75) is 25.4 Å². The van der Waals surface area contributed by atoms with Crippen molar-refractivity contribution in [3.05, 3.63) is 123 Å². The minimum atomic E-state index is -0.0741. The van der Waals surface area contributed by atoms with Crippen molar-refractivity contribution in [1.82, 2.24) is 14.1 Å². The molecule has 4 nitrogen and oxygen atoms in total. The molecule has 6 rings (SSSR count). The van der Waals surface area contributed by atoms with E-state index in [0.29, 0.717) is 10.0 Å². The molecule has 34 heavy (non-hydrogen) atoms. The summed E-state index contributed by atoms with van der Waals surface area (Å²) in [6.07, 6.45) is 7.49. The van der Waals surface area contributed by atoms with Gasteiger partial charge in [-0.3, -0.25) is 4.79 Å². The van der Waals surface area contributed by atoms with Crippen molar-refractivity contribution in [2.75, 3.05) is 0 Å². The Bertz CT molecular complexity index is 1570. The molecule has 6 heteroatoms. The highest BCUT2D eigenvalue weighted by Gasteiger charge is 2.23. The molecule has 2 aromatic heterocycles. The monoisotopic (exact) mass is 485 g/mol. The number of benzene rings is 3. The molecule has 1 aliphatic rings. The molecule has 0 aliphatic carbocycles. The minimum Gasteiger partial charge on any atom is -0.326 e. The lowest BCUT2D eigenvalue weighted by Crippen LogP contribution is -2.25. The molecule has 1 aliphatic heterocycles. The van der Waals surface area contributed by atoms with E-state index in [4.69, 9.17) is 23.2 Å². The summed E-state index contributed by atoms with van der Waals surface area (Å²) in [5, 5.41) is 2.41. The molecular formula is C28H21Cl2N3O. The van der Waals surface area contributed by atoms with Crippen LogP contribution >= 0.6 is 23.2 Å². The standard InChI is InChI=1S/C28H21Cl2N3O/c29-22-8-6-18(7-9-22)27(32-12-10-31-17-32)21-13-20-4-2-11-33-26(34)16-24(25(15-21)28(20)33)19-3-1-5-23(30)14-19/h1,3,5-10,12-17,27H,2,4,11H2. The van der Waals surface area contributed by atoms with Gasteiger partial charge in [-0.25, -0.2) is 4.98 Å². The summed E-state index contributed by atoms with van der Waals surface area (Å²) in [7, 11) is 0. The quantitative estimate of drug-likeness (QED) is 0.282. The Labute approximate surface area is 207 Å². The summed E-state index contributed by atoms with van der Waals surface area (Å²) in [5.41, 5.74) is 6.35. The molecule has 0 spiro atoms. The van der Waals surface area contributed by atoms with E-state index in [1.165, 1.54) is 5.56 Å². The zero-order valence-electron chi connectivity index (χ0n) is 18.3. The smallest absolute Gasteiger partial charge is 0.251 e. The Morgan fingerprint density at radius 1 is 0.912 bits per heavy atom. The zero-order chi connectivity index (χ0) is 23.2. The maximum atomic E-state index is 13.1. The first kappa shape index (κ1) is 21.2. The second-order valence-electron chi connectivity index (χ2n) is 8.70. The van der Waals surface area contributed by atoms with Crippen LogP contribution in [-0.2, 0) is 13.0 Å². The molecule has 1 atom stereocenters. The van der Waals surface area contributed by atoms with Crippen molar-refractivity contribution >= 4 is 34.1 Å². The van der Waals surface area contributed by atoms with E-state index >= 15 is 0 Å². The van der Waals surface area contributed by atoms with E-state index in [0.717, 1.165) is 52.5 Å². The third kappa shape index (κ3) is 3.64. The highest BCUT2D eigenvalue weighted by atomic mass is 35.5. The predicted octanol–water partition coefficient (Wildman–Crippen LogP) is 6.76. The maximum absolute atomic E-state index is 13.1. The van der Waals surface area contributed by atoms with Gasteiger partial charge in [-0.2, -0.15) is 0 Å². The van der Waals surface area contributed by atoms with Gasteiger partial charge in [-0.15, -0.1) is 0 Å². The van der Waals surface area contributed by atoms with Crippen LogP contribution in [0.5, 0.6) is 0 Å². The number of hydrogen-bond acceptors (Lipinski definition) is 2. The Balaban J connectivity index is 1.66. The van der Waals surface area contributed by atoms with E-state index < -0.39 is 0 Å². The minimum absolute atomic E-state index is 0.0278. The van der Waals surface area contributed by atoms with E-state index in [1.54, 1.807) is 12.3 Å². The predicted molar refractivity (Wildman–Crippen MR) is 138 cm³/mol. The van der Waals surface area contributed by atoms with Crippen LogP contribution < -0.4 is 5.56 Å². The lowest BCUT2D eigenvalue weighted by Gasteiger charge is -2.26. The largest absolute Gasteiger partial charge is 0.326 e. The normalized spacial score (nSPS) is 13.8. The van der Waals surface area contributed by atoms with Crippen LogP contribution in [0.4, 0.5) is 0 Å². The third-order valence-electron chi connectivity index (χ3n) is 6.59. The van der Waals surface area contributed by atoms with Gasteiger partial charge >= 0.3 is 0 Å². The van der Waals surface area contributed by atoms with Gasteiger partial charge in [0.15, 0.2) is 0 Å². The van der Waals surface area contributed by atoms with Crippen LogP contribution in [0.3, 0.4) is 0 Å². The number of pyridine rings is 1. The van der Waals surface area contributed by atoms with Gasteiger partial charge in [-0.1, -0.05) is 53.5 Å². The Kier molecular flexibility index (Phi) is 5.28. The van der Waals surface area contributed by atoms with Crippen LogP contribution in [0, 0.1) is 0 Å². The molecule has 5 aromatic rings. The van der Waals surface area contributed by atoms with E-state index in [9.17, 15) is 4.79 Å². The fourth-order valence-corrected chi connectivity index (χ4v) is 5.45. The average molecular weight is 486 g/mol. The van der Waals surface area contributed by atoms with Gasteiger partial charge < -0.3 is 9.13 Å². The van der Waals surface area contributed by atoms with Gasteiger partial charge in [0.2, 0.25) is 0 Å². The van der Waals surface area contributed by atoms with Crippen molar-refractivity contribution in [2.24, 2.45) is 0 Å². The first-order valence-electron chi connectivity index (χ1n) is 11.3. The molecule has 168 valence electrons. The van der Waals surface area contributed by atoms with Crippen LogP contribution in [0.25, 0.3) is 22.0 Å². The number of aromatic nitrogens is 3. The number of rotatable bonds is 4. The summed E-state index contributed by atoms with van der Waals surface area (Å²) in [6.45, 7) is 0.736. The summed E-state index contributed by atoms with van der Waals surface area (Å²) in [4.78, 5) is 17.4. The summed E-state index contributed by atoms with van der Waals surface area (Å²) in [5.74, 6) is 0. The first-order valence-corrected chi connectivity index (χ1v) is 12.0. The van der Waals surface area contributed by atoms with Gasteiger partial charge in [0, 0.05) is 40.4 Å². The van der Waals surface area contributed by atoms with Crippen molar-refractivity contribution in [3.63, 3.8) is 0 Å². The fraction of sp³-hybridized carbons (Fsp3) is 0.143. The molecular weight excluding hydrogens is 465 g/mol. The maximum Gasteiger partial charge on any atom is 0.251 e. The van der Waals surface area contributed by atoms with Gasteiger partial charge in [-0.05, 0) is 71.0 Å². The molecule has 3 heterocycles. The van der Waals surface area contributed by atoms with Crippen molar-refractivity contribution in [1.29, 1.82) is 0 Å². The molecule has 0 bridgehead atoms. The lowest BCUT2D eigenvalue weighted by atomic mass is 9.89. The number of imidazole rings is 1. The van der Waals surface area contributed by atoms with Crippen LogP contribution in [0.15, 0.2) is 90.2 Å². The van der Waals surface area contributed by atoms with Crippen molar-refractivity contribution in [3.8, 4) is 11.1 Å². The van der Waals surface area contributed by atoms with Crippen LogP contribution in [0.2, 0.25) is 10.0 Å². The number of halogens is 2. The summed E-state index contributed by atoms with van der Waals surface area (Å²) >= 11 is 12.5. The molecule has 0 saturated heterocycles. The molecule has 0 radical (unpaired) electrons. The van der Waals surface area contributed by atoms with Gasteiger partial charge in [0.1, 0.15) is 0 Å². The Hall–Kier alpha value is -3.34. The highest BCUT2D eigenvalue weighted by molar-refractivity contribution is 6.31. The molecule has 3 aromatic carbocycles. The second-order valence-corrected chi connectivity index (χ2v) is 9.57. The molecule has 0 amide bonds. The average Bonchev–Trinajstić information content (AvgIpc) is 3.37. The third-order valence-corrected chi connectivity index (χ3v) is 7.08. The van der Waals surface area contributed by atoms with E-state index in [2.05, 4.69) is 33.8 Å². The number of hydrogen-bond donors (Lipinski definition) is 0. The SMILES string of the molecule is O=c1cc(-c2cccc(Cl)c2)c2cc(C(c3ccc(Cl)cc3)n3ccnc3)cc3c2n1CCC3. The summed E-state index contributed by atoms with van der Waals surface area (Å²) < 4.78 is 4.02. The van der Waals surface area contributed by atoms with E-state index in [1.807, 2.05) is 53.5 Å². The van der Waals surface area contributed by atoms with E-state index in [-0.39, 0.29) is 11.6 Å². The summed E-state index contributed by atoms with van der Waals surface area (Å²) in [6, 6.07) is 21.8. The molecule has 1 unspecified atom stereocenters. The second kappa shape index (κ2) is 8.46. The first-order chi connectivity index (χ1) is 16.6. The van der Waals surface area contributed by atoms with Crippen LogP contribution in [0.1, 0.15) is 29.2 Å². The lowest BCUT2D eigenvalue weighted by molar-refractivity contribution is 0.613. The fourth-order valence-electron chi connectivity index (χ4n) is 5.13.